The Balaban J connectivity index is 2.48. The molecule has 78 valence electrons. The van der Waals surface area contributed by atoms with Crippen molar-refractivity contribution in [2.24, 2.45) is 0 Å². The fraction of sp³-hybridized carbons (Fsp3) is 0.200. The molecule has 0 bridgehead atoms. The molecule has 4 nitrogen and oxygen atoms in total. The van der Waals surface area contributed by atoms with Gasteiger partial charge in [-0.3, -0.25) is 0 Å². The predicted octanol–water partition coefficient (Wildman–Crippen LogP) is 1.70. The van der Waals surface area contributed by atoms with E-state index in [2.05, 4.69) is 15.3 Å². The van der Waals surface area contributed by atoms with E-state index in [0.29, 0.717) is 17.0 Å². The normalized spacial score (nSPS) is 10.5. The van der Waals surface area contributed by atoms with Crippen molar-refractivity contribution in [1.29, 1.82) is 0 Å². The molecule has 2 aromatic rings. The molecular weight excluding hydrogens is 210 g/mol. The highest BCUT2D eigenvalue weighted by molar-refractivity contribution is 7.71. The van der Waals surface area contributed by atoms with E-state index in [1.807, 2.05) is 24.3 Å². The maximum atomic E-state index is 8.70. The van der Waals surface area contributed by atoms with Crippen molar-refractivity contribution in [3.8, 4) is 0 Å². The van der Waals surface area contributed by atoms with Crippen LogP contribution in [-0.2, 0) is 0 Å². The van der Waals surface area contributed by atoms with Crippen LogP contribution in [0.15, 0.2) is 24.3 Å². The van der Waals surface area contributed by atoms with Gasteiger partial charge in [0.05, 0.1) is 17.6 Å². The zero-order valence-electron chi connectivity index (χ0n) is 8.03. The summed E-state index contributed by atoms with van der Waals surface area (Å²) in [6.07, 6.45) is 0. The van der Waals surface area contributed by atoms with Crippen molar-refractivity contribution in [2.45, 2.75) is 0 Å². The van der Waals surface area contributed by atoms with E-state index < -0.39 is 0 Å². The van der Waals surface area contributed by atoms with Crippen LogP contribution in [0, 0.1) is 4.64 Å². The third-order valence-electron chi connectivity index (χ3n) is 2.00. The first-order valence-electron chi connectivity index (χ1n) is 4.65. The van der Waals surface area contributed by atoms with E-state index >= 15 is 0 Å². The van der Waals surface area contributed by atoms with E-state index in [-0.39, 0.29) is 6.61 Å². The Kier molecular flexibility index (Phi) is 2.94. The molecule has 0 aliphatic carbocycles. The average Bonchev–Trinajstić information content (AvgIpc) is 2.26. The van der Waals surface area contributed by atoms with Crippen molar-refractivity contribution < 1.29 is 5.11 Å². The van der Waals surface area contributed by atoms with E-state index in [9.17, 15) is 0 Å². The third-order valence-corrected chi connectivity index (χ3v) is 2.30. The smallest absolute Gasteiger partial charge is 0.161 e. The number of hydrogen-bond donors (Lipinski definition) is 3. The van der Waals surface area contributed by atoms with Gasteiger partial charge in [-0.1, -0.05) is 24.4 Å². The van der Waals surface area contributed by atoms with E-state index in [1.54, 1.807) is 0 Å². The molecule has 1 heterocycles. The maximum Gasteiger partial charge on any atom is 0.161 e. The lowest BCUT2D eigenvalue weighted by Crippen LogP contribution is -2.08. The second-order valence-electron chi connectivity index (χ2n) is 3.08. The van der Waals surface area contributed by atoms with Crippen molar-refractivity contribution in [3.05, 3.63) is 28.9 Å². The number of aliphatic hydroxyl groups excluding tert-OH is 1. The second kappa shape index (κ2) is 4.37. The Morgan fingerprint density at radius 2 is 2.20 bits per heavy atom. The van der Waals surface area contributed by atoms with Gasteiger partial charge in [0.1, 0.15) is 4.64 Å². The fourth-order valence-electron chi connectivity index (χ4n) is 1.32. The molecule has 0 amide bonds. The second-order valence-corrected chi connectivity index (χ2v) is 3.49. The van der Waals surface area contributed by atoms with Crippen molar-refractivity contribution in [3.63, 3.8) is 0 Å². The lowest BCUT2D eigenvalue weighted by molar-refractivity contribution is 0.311. The number of fused-ring (bicyclic) bond motifs is 1. The molecular formula is C10H11N3OS. The summed E-state index contributed by atoms with van der Waals surface area (Å²) in [6, 6.07) is 7.68. The van der Waals surface area contributed by atoms with Crippen molar-refractivity contribution >= 4 is 29.1 Å². The van der Waals surface area contributed by atoms with Gasteiger partial charge in [-0.2, -0.15) is 0 Å². The van der Waals surface area contributed by atoms with Crippen LogP contribution >= 0.6 is 12.2 Å². The number of H-pyrrole nitrogens is 1. The molecule has 1 aromatic heterocycles. The summed E-state index contributed by atoms with van der Waals surface area (Å²) < 4.78 is 0.558. The van der Waals surface area contributed by atoms with Crippen LogP contribution in [0.1, 0.15) is 0 Å². The number of benzene rings is 1. The molecule has 0 fully saturated rings. The highest BCUT2D eigenvalue weighted by Gasteiger charge is 1.99. The first-order chi connectivity index (χ1) is 7.31. The van der Waals surface area contributed by atoms with Gasteiger partial charge in [-0.25, -0.2) is 4.98 Å². The lowest BCUT2D eigenvalue weighted by Gasteiger charge is -2.05. The number of para-hydroxylation sites is 2. The summed E-state index contributed by atoms with van der Waals surface area (Å²) in [5.74, 6) is 0.609. The third kappa shape index (κ3) is 2.14. The van der Waals surface area contributed by atoms with Crippen LogP contribution in [-0.4, -0.2) is 28.2 Å². The van der Waals surface area contributed by atoms with Gasteiger partial charge in [0.25, 0.3) is 0 Å². The van der Waals surface area contributed by atoms with Gasteiger partial charge < -0.3 is 15.4 Å². The summed E-state index contributed by atoms with van der Waals surface area (Å²) in [6.45, 7) is 0.506. The fourth-order valence-corrected chi connectivity index (χ4v) is 1.55. The van der Waals surface area contributed by atoms with Crippen LogP contribution < -0.4 is 5.32 Å². The molecule has 2 rings (SSSR count). The maximum absolute atomic E-state index is 8.70. The Hall–Kier alpha value is -1.46. The summed E-state index contributed by atoms with van der Waals surface area (Å²) >= 11 is 5.13. The first-order valence-corrected chi connectivity index (χ1v) is 5.06. The van der Waals surface area contributed by atoms with Crippen LogP contribution in [0.4, 0.5) is 5.82 Å². The van der Waals surface area contributed by atoms with Gasteiger partial charge in [0.15, 0.2) is 5.82 Å². The lowest BCUT2D eigenvalue weighted by atomic mass is 10.3. The zero-order valence-corrected chi connectivity index (χ0v) is 8.84. The molecule has 0 aliphatic rings. The Labute approximate surface area is 92.0 Å². The summed E-state index contributed by atoms with van der Waals surface area (Å²) in [5, 5.41) is 11.7. The molecule has 0 aliphatic heterocycles. The van der Waals surface area contributed by atoms with Gasteiger partial charge in [-0.05, 0) is 12.1 Å². The molecule has 0 saturated carbocycles. The standard InChI is InChI=1S/C10H11N3OS/c14-6-5-11-9-10(15)13-8-4-2-1-3-7(8)12-9/h1-4,14H,5-6H2,(H,11,12)(H,13,15). The molecule has 0 saturated heterocycles. The summed E-state index contributed by atoms with van der Waals surface area (Å²) in [5.41, 5.74) is 1.77. The monoisotopic (exact) mass is 221 g/mol. The van der Waals surface area contributed by atoms with Gasteiger partial charge in [0.2, 0.25) is 0 Å². The number of rotatable bonds is 3. The topological polar surface area (TPSA) is 60.9 Å². The van der Waals surface area contributed by atoms with Gasteiger partial charge in [0, 0.05) is 6.54 Å². The molecule has 0 atom stereocenters. The Morgan fingerprint density at radius 3 is 3.00 bits per heavy atom. The molecule has 5 heteroatoms. The predicted molar refractivity (Wildman–Crippen MR) is 62.5 cm³/mol. The quantitative estimate of drug-likeness (QED) is 0.690. The largest absolute Gasteiger partial charge is 0.395 e. The molecule has 15 heavy (non-hydrogen) atoms. The SMILES string of the molecule is OCCNc1nc2ccccc2[nH]c1=S. The van der Waals surface area contributed by atoms with Gasteiger partial charge in [-0.15, -0.1) is 0 Å². The van der Waals surface area contributed by atoms with Crippen molar-refractivity contribution in [2.75, 3.05) is 18.5 Å². The van der Waals surface area contributed by atoms with Crippen LogP contribution in [0.25, 0.3) is 11.0 Å². The average molecular weight is 221 g/mol. The van der Waals surface area contributed by atoms with Crippen LogP contribution in [0.3, 0.4) is 0 Å². The molecule has 0 unspecified atom stereocenters. The number of aliphatic hydroxyl groups is 1. The minimum atomic E-state index is 0.0588. The molecule has 1 aromatic carbocycles. The molecule has 0 spiro atoms. The van der Waals surface area contributed by atoms with E-state index in [0.717, 1.165) is 11.0 Å². The number of aromatic amines is 1. The Bertz CT molecular complexity index is 523. The number of hydrogen-bond acceptors (Lipinski definition) is 4. The highest BCUT2D eigenvalue weighted by Crippen LogP contribution is 2.12. The van der Waals surface area contributed by atoms with E-state index in [1.165, 1.54) is 0 Å². The zero-order chi connectivity index (χ0) is 10.7. The van der Waals surface area contributed by atoms with Crippen LogP contribution in [0.2, 0.25) is 0 Å². The first kappa shape index (κ1) is 10.1. The summed E-state index contributed by atoms with van der Waals surface area (Å²) in [7, 11) is 0. The number of aromatic nitrogens is 2. The van der Waals surface area contributed by atoms with Crippen molar-refractivity contribution in [1.82, 2.24) is 9.97 Å². The minimum absolute atomic E-state index is 0.0588. The number of nitrogens with zero attached hydrogens (tertiary/aromatic N) is 1. The molecule has 0 radical (unpaired) electrons. The minimum Gasteiger partial charge on any atom is -0.395 e. The number of anilines is 1. The Morgan fingerprint density at radius 1 is 1.40 bits per heavy atom. The van der Waals surface area contributed by atoms with Crippen LogP contribution in [0.5, 0.6) is 0 Å². The summed E-state index contributed by atoms with van der Waals surface area (Å²) in [4.78, 5) is 7.43. The van der Waals surface area contributed by atoms with E-state index in [4.69, 9.17) is 17.3 Å². The van der Waals surface area contributed by atoms with Gasteiger partial charge >= 0.3 is 0 Å². The number of nitrogens with one attached hydrogen (secondary N) is 2. The molecule has 3 N–H and O–H groups in total. The highest BCUT2D eigenvalue weighted by atomic mass is 32.1.